The topological polar surface area (TPSA) is 69.2 Å². The first kappa shape index (κ1) is 10.9. The predicted octanol–water partition coefficient (Wildman–Crippen LogP) is 2.22. The van der Waals surface area contributed by atoms with Crippen molar-refractivity contribution in [2.24, 2.45) is 5.73 Å². The first-order valence-corrected chi connectivity index (χ1v) is 4.19. The maximum absolute atomic E-state index is 12.2. The van der Waals surface area contributed by atoms with Crippen LogP contribution in [0.4, 0.5) is 10.1 Å². The molecule has 0 unspecified atom stereocenters. The third-order valence-electron chi connectivity index (χ3n) is 1.76. The molecule has 0 heterocycles. The summed E-state index contributed by atoms with van der Waals surface area (Å²) < 4.78 is 12.2. The summed E-state index contributed by atoms with van der Waals surface area (Å²) in [6, 6.07) is 2.86. The van der Waals surface area contributed by atoms with Crippen molar-refractivity contribution in [1.82, 2.24) is 0 Å². The van der Waals surface area contributed by atoms with Gasteiger partial charge in [0, 0.05) is 17.2 Å². The second-order valence-corrected chi connectivity index (χ2v) is 3.13. The molecule has 0 aliphatic carbocycles. The Morgan fingerprint density at radius 3 is 2.79 bits per heavy atom. The molecule has 6 heteroatoms. The van der Waals surface area contributed by atoms with Crippen molar-refractivity contribution < 1.29 is 9.31 Å². The average Bonchev–Trinajstić information content (AvgIpc) is 2.17. The lowest BCUT2D eigenvalue weighted by atomic mass is 10.1. The minimum absolute atomic E-state index is 0.145. The Bertz CT molecular complexity index is 359. The van der Waals surface area contributed by atoms with E-state index in [0.29, 0.717) is 0 Å². The van der Waals surface area contributed by atoms with Crippen molar-refractivity contribution in [3.63, 3.8) is 0 Å². The molecule has 1 aromatic rings. The number of non-ortho nitro benzene ring substituents is 1. The molecule has 0 spiro atoms. The molecule has 0 amide bonds. The number of nitrogens with two attached hydrogens (primary N) is 1. The lowest BCUT2D eigenvalue weighted by Gasteiger charge is -2.08. The van der Waals surface area contributed by atoms with Crippen LogP contribution in [-0.2, 0) is 0 Å². The van der Waals surface area contributed by atoms with Crippen molar-refractivity contribution in [2.75, 3.05) is 6.67 Å². The number of halogens is 2. The maximum atomic E-state index is 12.2. The van der Waals surface area contributed by atoms with E-state index in [1.54, 1.807) is 0 Å². The van der Waals surface area contributed by atoms with Crippen LogP contribution in [0.25, 0.3) is 0 Å². The summed E-state index contributed by atoms with van der Waals surface area (Å²) in [5.41, 5.74) is 5.49. The Morgan fingerprint density at radius 1 is 1.64 bits per heavy atom. The average molecular weight is 219 g/mol. The molecule has 76 valence electrons. The van der Waals surface area contributed by atoms with Crippen molar-refractivity contribution in [1.29, 1.82) is 0 Å². The van der Waals surface area contributed by atoms with Crippen molar-refractivity contribution in [2.45, 2.75) is 6.04 Å². The Kier molecular flexibility index (Phi) is 3.38. The van der Waals surface area contributed by atoms with E-state index in [1.807, 2.05) is 0 Å². The van der Waals surface area contributed by atoms with Crippen LogP contribution in [0.5, 0.6) is 0 Å². The van der Waals surface area contributed by atoms with Crippen LogP contribution in [-0.4, -0.2) is 11.6 Å². The fraction of sp³-hybridized carbons (Fsp3) is 0.250. The Labute approximate surface area is 84.6 Å². The summed E-state index contributed by atoms with van der Waals surface area (Å²) in [6.45, 7) is -0.805. The summed E-state index contributed by atoms with van der Waals surface area (Å²) in [5, 5.41) is 10.6. The van der Waals surface area contributed by atoms with E-state index in [9.17, 15) is 14.5 Å². The monoisotopic (exact) mass is 218 g/mol. The summed E-state index contributed by atoms with van der Waals surface area (Å²) in [7, 11) is 0. The minimum Gasteiger partial charge on any atom is -0.322 e. The summed E-state index contributed by atoms with van der Waals surface area (Å²) in [5.74, 6) is 0. The summed E-state index contributed by atoms with van der Waals surface area (Å²) in [6.07, 6.45) is 0. The van der Waals surface area contributed by atoms with Gasteiger partial charge in [-0.25, -0.2) is 4.39 Å². The van der Waals surface area contributed by atoms with Crippen LogP contribution in [0.3, 0.4) is 0 Å². The van der Waals surface area contributed by atoms with Gasteiger partial charge in [-0.3, -0.25) is 10.1 Å². The molecule has 2 N–H and O–H groups in total. The molecule has 1 aromatic carbocycles. The van der Waals surface area contributed by atoms with Crippen LogP contribution in [0.15, 0.2) is 18.2 Å². The van der Waals surface area contributed by atoms with Gasteiger partial charge in [0.15, 0.2) is 0 Å². The molecule has 0 saturated heterocycles. The number of rotatable bonds is 3. The largest absolute Gasteiger partial charge is 0.322 e. The van der Waals surface area contributed by atoms with E-state index < -0.39 is 17.6 Å². The van der Waals surface area contributed by atoms with E-state index in [-0.39, 0.29) is 16.3 Å². The van der Waals surface area contributed by atoms with Gasteiger partial charge >= 0.3 is 0 Å². The highest BCUT2D eigenvalue weighted by atomic mass is 35.5. The minimum atomic E-state index is -0.914. The molecular weight excluding hydrogens is 211 g/mol. The first-order valence-electron chi connectivity index (χ1n) is 3.81. The second-order valence-electron chi connectivity index (χ2n) is 2.72. The quantitative estimate of drug-likeness (QED) is 0.625. The lowest BCUT2D eigenvalue weighted by Crippen LogP contribution is -2.12. The molecule has 4 nitrogen and oxygen atoms in total. The zero-order chi connectivity index (χ0) is 10.7. The zero-order valence-corrected chi connectivity index (χ0v) is 7.87. The number of nitro benzene ring substituents is 1. The predicted molar refractivity (Wildman–Crippen MR) is 51.0 cm³/mol. The summed E-state index contributed by atoms with van der Waals surface area (Å²) in [4.78, 5) is 9.82. The fourth-order valence-electron chi connectivity index (χ4n) is 1.01. The van der Waals surface area contributed by atoms with Crippen LogP contribution in [0.1, 0.15) is 11.6 Å². The standard InChI is InChI=1S/C8H8ClFN2O2/c9-7-2-1-5(12(13)14)3-6(7)8(11)4-10/h1-3,8H,4,11H2/t8-/m1/s1. The maximum Gasteiger partial charge on any atom is 0.269 e. The van der Waals surface area contributed by atoms with E-state index in [0.717, 1.165) is 0 Å². The Hall–Kier alpha value is -1.20. The summed E-state index contributed by atoms with van der Waals surface area (Å²) >= 11 is 5.71. The van der Waals surface area contributed by atoms with Crippen molar-refractivity contribution in [3.05, 3.63) is 38.9 Å². The molecule has 0 aromatic heterocycles. The van der Waals surface area contributed by atoms with Gasteiger partial charge < -0.3 is 5.73 Å². The molecule has 1 rings (SSSR count). The van der Waals surface area contributed by atoms with Gasteiger partial charge in [-0.2, -0.15) is 0 Å². The fourth-order valence-corrected chi connectivity index (χ4v) is 1.27. The van der Waals surface area contributed by atoms with Gasteiger partial charge in [-0.05, 0) is 11.6 Å². The number of hydrogen-bond acceptors (Lipinski definition) is 3. The molecule has 0 bridgehead atoms. The third kappa shape index (κ3) is 2.18. The van der Waals surface area contributed by atoms with E-state index in [2.05, 4.69) is 0 Å². The van der Waals surface area contributed by atoms with E-state index in [4.69, 9.17) is 17.3 Å². The van der Waals surface area contributed by atoms with Crippen LogP contribution >= 0.6 is 11.6 Å². The smallest absolute Gasteiger partial charge is 0.269 e. The molecule has 0 fully saturated rings. The number of nitrogens with zero attached hydrogens (tertiary/aromatic N) is 1. The SMILES string of the molecule is N[C@H](CF)c1cc([N+](=O)[O-])ccc1Cl. The van der Waals surface area contributed by atoms with Crippen molar-refractivity contribution in [3.8, 4) is 0 Å². The number of nitro groups is 1. The highest BCUT2D eigenvalue weighted by molar-refractivity contribution is 6.31. The van der Waals surface area contributed by atoms with Gasteiger partial charge in [-0.1, -0.05) is 11.6 Å². The van der Waals surface area contributed by atoms with Crippen LogP contribution < -0.4 is 5.73 Å². The molecule has 1 atom stereocenters. The molecule has 0 aliphatic rings. The van der Waals surface area contributed by atoms with Gasteiger partial charge in [-0.15, -0.1) is 0 Å². The van der Waals surface area contributed by atoms with Crippen LogP contribution in [0.2, 0.25) is 5.02 Å². The van der Waals surface area contributed by atoms with Crippen LogP contribution in [0, 0.1) is 10.1 Å². The Balaban J connectivity index is 3.14. The zero-order valence-electron chi connectivity index (χ0n) is 7.11. The number of benzene rings is 1. The molecule has 0 aliphatic heterocycles. The highest BCUT2D eigenvalue weighted by Gasteiger charge is 2.14. The first-order chi connectivity index (χ1) is 6.56. The normalized spacial score (nSPS) is 12.5. The van der Waals surface area contributed by atoms with Gasteiger partial charge in [0.25, 0.3) is 5.69 Å². The second kappa shape index (κ2) is 4.34. The third-order valence-corrected chi connectivity index (χ3v) is 2.10. The van der Waals surface area contributed by atoms with Gasteiger partial charge in [0.1, 0.15) is 6.67 Å². The molecule has 0 saturated carbocycles. The lowest BCUT2D eigenvalue weighted by molar-refractivity contribution is -0.384. The van der Waals surface area contributed by atoms with Crippen molar-refractivity contribution >= 4 is 17.3 Å². The van der Waals surface area contributed by atoms with E-state index >= 15 is 0 Å². The van der Waals surface area contributed by atoms with Gasteiger partial charge in [0.05, 0.1) is 11.0 Å². The Morgan fingerprint density at radius 2 is 2.29 bits per heavy atom. The van der Waals surface area contributed by atoms with Gasteiger partial charge in [0.2, 0.25) is 0 Å². The van der Waals surface area contributed by atoms with E-state index in [1.165, 1.54) is 18.2 Å². The molecule has 0 radical (unpaired) electrons. The number of hydrogen-bond donors (Lipinski definition) is 1. The molecular formula is C8H8ClFN2O2. The number of alkyl halides is 1. The highest BCUT2D eigenvalue weighted by Crippen LogP contribution is 2.26. The molecule has 14 heavy (non-hydrogen) atoms.